The van der Waals surface area contributed by atoms with Crippen molar-refractivity contribution in [2.24, 2.45) is 4.99 Å². The number of hydrogen-bond acceptors (Lipinski definition) is 9. The molecule has 2 saturated heterocycles. The Kier molecular flexibility index (Phi) is 6.77. The van der Waals surface area contributed by atoms with E-state index in [0.29, 0.717) is 23.2 Å². The fourth-order valence-corrected chi connectivity index (χ4v) is 4.73. The molecule has 11 heteroatoms. The number of amidine groups is 1. The molecule has 0 amide bonds. The molecule has 4 rings (SSSR count). The van der Waals surface area contributed by atoms with E-state index >= 15 is 0 Å². The number of nitrogens with one attached hydrogen (secondary N) is 1. The van der Waals surface area contributed by atoms with Crippen molar-refractivity contribution in [1.82, 2.24) is 20.3 Å². The van der Waals surface area contributed by atoms with Crippen LogP contribution < -0.4 is 10.1 Å². The standard InChI is InChI=1S/C20H27N5O5S/c1-3-21-20-22-16-18(28)17(27)15(30-19(16)31-20)9-25-8-13(23-24-25)10-29-14-6-4-12(5-7-14)11(2)26/h4-8,11,15-19,26-28H,3,9-10H2,1-2H3,(H,21,22). The van der Waals surface area contributed by atoms with Gasteiger partial charge in [0.2, 0.25) is 0 Å². The first-order chi connectivity index (χ1) is 14.9. The summed E-state index contributed by atoms with van der Waals surface area (Å²) in [5.41, 5.74) is 1.11. The van der Waals surface area contributed by atoms with Gasteiger partial charge in [-0.15, -0.1) is 5.10 Å². The minimum absolute atomic E-state index is 0.228. The number of aliphatic hydroxyl groups is 3. The van der Waals surface area contributed by atoms with E-state index in [-0.39, 0.29) is 18.6 Å². The van der Waals surface area contributed by atoms with E-state index in [2.05, 4.69) is 20.6 Å². The van der Waals surface area contributed by atoms with Gasteiger partial charge in [-0.2, -0.15) is 0 Å². The van der Waals surface area contributed by atoms with E-state index in [4.69, 9.17) is 9.47 Å². The average Bonchev–Trinajstić information content (AvgIpc) is 3.37. The lowest BCUT2D eigenvalue weighted by molar-refractivity contribution is -0.160. The van der Waals surface area contributed by atoms with Crippen molar-refractivity contribution >= 4 is 16.9 Å². The number of hydrogen-bond donors (Lipinski definition) is 4. The fourth-order valence-electron chi connectivity index (χ4n) is 3.53. The molecular formula is C20H27N5O5S. The monoisotopic (exact) mass is 449 g/mol. The maximum absolute atomic E-state index is 10.5. The van der Waals surface area contributed by atoms with Crippen molar-refractivity contribution in [3.8, 4) is 5.75 Å². The zero-order chi connectivity index (χ0) is 22.0. The Morgan fingerprint density at radius 1 is 1.29 bits per heavy atom. The van der Waals surface area contributed by atoms with Gasteiger partial charge >= 0.3 is 0 Å². The van der Waals surface area contributed by atoms with Gasteiger partial charge in [0.05, 0.1) is 24.9 Å². The molecule has 0 spiro atoms. The van der Waals surface area contributed by atoms with Crippen LogP contribution in [0.4, 0.5) is 0 Å². The molecule has 10 nitrogen and oxygen atoms in total. The topological polar surface area (TPSA) is 134 Å². The third-order valence-electron chi connectivity index (χ3n) is 5.22. The van der Waals surface area contributed by atoms with Crippen molar-refractivity contribution in [1.29, 1.82) is 0 Å². The minimum Gasteiger partial charge on any atom is -0.487 e. The Bertz CT molecular complexity index is 906. The molecule has 6 atom stereocenters. The van der Waals surface area contributed by atoms with Gasteiger partial charge in [0, 0.05) is 6.54 Å². The van der Waals surface area contributed by atoms with E-state index in [0.717, 1.165) is 5.56 Å². The molecule has 0 bridgehead atoms. The van der Waals surface area contributed by atoms with Crippen molar-refractivity contribution in [2.45, 2.75) is 62.9 Å². The Morgan fingerprint density at radius 3 is 2.77 bits per heavy atom. The third-order valence-corrected chi connectivity index (χ3v) is 6.33. The van der Waals surface area contributed by atoms with Crippen LogP contribution >= 0.6 is 11.8 Å². The molecule has 3 heterocycles. The quantitative estimate of drug-likeness (QED) is 0.475. The lowest BCUT2D eigenvalue weighted by Gasteiger charge is -2.38. The predicted octanol–water partition coefficient (Wildman–Crippen LogP) is 0.438. The fraction of sp³-hybridized carbons (Fsp3) is 0.550. The first-order valence-corrected chi connectivity index (χ1v) is 11.1. The summed E-state index contributed by atoms with van der Waals surface area (Å²) >= 11 is 1.42. The molecule has 31 heavy (non-hydrogen) atoms. The molecule has 2 aliphatic heterocycles. The summed E-state index contributed by atoms with van der Waals surface area (Å²) in [5, 5.41) is 42.6. The number of aromatic nitrogens is 3. The van der Waals surface area contributed by atoms with Gasteiger partial charge in [0.25, 0.3) is 0 Å². The molecule has 4 N–H and O–H groups in total. The van der Waals surface area contributed by atoms with Crippen molar-refractivity contribution in [2.75, 3.05) is 6.54 Å². The SMILES string of the molecule is CCN=C1NC2C(OC(Cn3cc(COc4ccc(C(C)O)cc4)nn3)C(O)C2O)S1. The first kappa shape index (κ1) is 22.0. The number of aliphatic hydroxyl groups excluding tert-OH is 3. The van der Waals surface area contributed by atoms with Crippen LogP contribution in [0.1, 0.15) is 31.2 Å². The van der Waals surface area contributed by atoms with Gasteiger partial charge in [-0.05, 0) is 31.5 Å². The average molecular weight is 450 g/mol. The summed E-state index contributed by atoms with van der Waals surface area (Å²) in [6.45, 7) is 4.75. The summed E-state index contributed by atoms with van der Waals surface area (Å²) in [6.07, 6.45) is -1.47. The zero-order valence-electron chi connectivity index (χ0n) is 17.3. The Morgan fingerprint density at radius 2 is 2.06 bits per heavy atom. The number of ether oxygens (including phenoxy) is 2. The number of fused-ring (bicyclic) bond motifs is 1. The molecular weight excluding hydrogens is 422 g/mol. The van der Waals surface area contributed by atoms with Gasteiger partial charge in [-0.3, -0.25) is 4.99 Å². The van der Waals surface area contributed by atoms with E-state index in [1.54, 1.807) is 29.9 Å². The second-order valence-electron chi connectivity index (χ2n) is 7.56. The van der Waals surface area contributed by atoms with Gasteiger partial charge in [-0.25, -0.2) is 4.68 Å². The van der Waals surface area contributed by atoms with Gasteiger partial charge in [0.1, 0.15) is 41.8 Å². The highest BCUT2D eigenvalue weighted by Gasteiger charge is 2.49. The van der Waals surface area contributed by atoms with Crippen LogP contribution in [0.25, 0.3) is 0 Å². The predicted molar refractivity (Wildman–Crippen MR) is 115 cm³/mol. The Hall–Kier alpha value is -2.18. The minimum atomic E-state index is -1.06. The molecule has 2 aromatic rings. The third kappa shape index (κ3) is 5.01. The molecule has 1 aromatic heterocycles. The largest absolute Gasteiger partial charge is 0.487 e. The molecule has 6 unspecified atom stereocenters. The van der Waals surface area contributed by atoms with Gasteiger partial charge in [-0.1, -0.05) is 29.1 Å². The molecule has 0 saturated carbocycles. The number of rotatable bonds is 7. The Balaban J connectivity index is 1.33. The second kappa shape index (κ2) is 9.53. The van der Waals surface area contributed by atoms with Crippen LogP contribution in [0, 0.1) is 0 Å². The highest BCUT2D eigenvalue weighted by atomic mass is 32.2. The second-order valence-corrected chi connectivity index (χ2v) is 8.64. The molecule has 2 aliphatic rings. The summed E-state index contributed by atoms with van der Waals surface area (Å²) in [7, 11) is 0. The van der Waals surface area contributed by atoms with Crippen LogP contribution in [0.15, 0.2) is 35.5 Å². The van der Waals surface area contributed by atoms with Crippen molar-refractivity contribution < 1.29 is 24.8 Å². The first-order valence-electron chi connectivity index (χ1n) is 10.2. The van der Waals surface area contributed by atoms with E-state index < -0.39 is 30.5 Å². The molecule has 2 fully saturated rings. The maximum atomic E-state index is 10.5. The molecule has 0 aliphatic carbocycles. The summed E-state index contributed by atoms with van der Waals surface area (Å²) in [5.74, 6) is 0.662. The lowest BCUT2D eigenvalue weighted by atomic mass is 9.98. The van der Waals surface area contributed by atoms with Crippen molar-refractivity contribution in [3.05, 3.63) is 41.7 Å². The number of thioether (sulfide) groups is 1. The Labute approximate surface area is 184 Å². The number of nitrogens with zero attached hydrogens (tertiary/aromatic N) is 4. The molecule has 1 aromatic carbocycles. The summed E-state index contributed by atoms with van der Waals surface area (Å²) in [6, 6.07) is 6.80. The highest BCUT2D eigenvalue weighted by molar-refractivity contribution is 8.14. The van der Waals surface area contributed by atoms with Crippen LogP contribution in [0.3, 0.4) is 0 Å². The zero-order valence-corrected chi connectivity index (χ0v) is 18.1. The van der Waals surface area contributed by atoms with E-state index in [1.165, 1.54) is 11.8 Å². The lowest BCUT2D eigenvalue weighted by Crippen LogP contribution is -2.59. The smallest absolute Gasteiger partial charge is 0.159 e. The van der Waals surface area contributed by atoms with Gasteiger partial charge in [0.15, 0.2) is 5.17 Å². The van der Waals surface area contributed by atoms with E-state index in [9.17, 15) is 15.3 Å². The number of benzene rings is 1. The molecule has 168 valence electrons. The normalized spacial score (nSPS) is 30.1. The maximum Gasteiger partial charge on any atom is 0.159 e. The number of aliphatic imine (C=N–C) groups is 1. The van der Waals surface area contributed by atoms with Crippen molar-refractivity contribution in [3.63, 3.8) is 0 Å². The van der Waals surface area contributed by atoms with Crippen LogP contribution in [0.5, 0.6) is 5.75 Å². The van der Waals surface area contributed by atoms with Crippen LogP contribution in [-0.2, 0) is 17.9 Å². The van der Waals surface area contributed by atoms with Crippen LogP contribution in [0.2, 0.25) is 0 Å². The summed E-state index contributed by atoms with van der Waals surface area (Å²) in [4.78, 5) is 4.32. The van der Waals surface area contributed by atoms with E-state index in [1.807, 2.05) is 19.1 Å². The van der Waals surface area contributed by atoms with Crippen LogP contribution in [-0.4, -0.2) is 71.8 Å². The van der Waals surface area contributed by atoms with Gasteiger partial charge < -0.3 is 30.1 Å². The highest BCUT2D eigenvalue weighted by Crippen LogP contribution is 2.34. The summed E-state index contributed by atoms with van der Waals surface area (Å²) < 4.78 is 13.3. The molecule has 0 radical (unpaired) electrons.